The molecule has 1 nitrogen and oxygen atoms in total. The third-order valence-corrected chi connectivity index (χ3v) is 6.15. The number of pyridine rings is 1. The van der Waals surface area contributed by atoms with E-state index in [0.29, 0.717) is 5.92 Å². The molecule has 0 aliphatic carbocycles. The minimum Gasteiger partial charge on any atom is -0.256 e. The van der Waals surface area contributed by atoms with Crippen LogP contribution in [0.1, 0.15) is 30.5 Å². The number of aromatic nitrogens is 1. The van der Waals surface area contributed by atoms with Crippen molar-refractivity contribution >= 4 is 13.3 Å². The van der Waals surface area contributed by atoms with E-state index in [9.17, 15) is 0 Å². The molecule has 0 amide bonds. The maximum Gasteiger partial charge on any atom is 0.0799 e. The summed E-state index contributed by atoms with van der Waals surface area (Å²) in [5.41, 5.74) is 6.50. The second kappa shape index (κ2) is 6.37. The number of aryl methyl sites for hydroxylation is 2. The molecule has 1 aromatic carbocycles. The van der Waals surface area contributed by atoms with Crippen molar-refractivity contribution in [2.45, 2.75) is 53.8 Å². The van der Waals surface area contributed by atoms with Crippen LogP contribution in [0.15, 0.2) is 30.5 Å². The highest BCUT2D eigenvalue weighted by atomic mass is 28.3. The van der Waals surface area contributed by atoms with Crippen molar-refractivity contribution in [2.24, 2.45) is 5.92 Å². The minimum atomic E-state index is -1.35. The Balaban J connectivity index is 2.55. The first-order valence-electron chi connectivity index (χ1n) is 8.25. The maximum atomic E-state index is 4.81. The topological polar surface area (TPSA) is 12.9 Å². The first kappa shape index (κ1) is 16.9. The van der Waals surface area contributed by atoms with Gasteiger partial charge in [0, 0.05) is 11.8 Å². The van der Waals surface area contributed by atoms with E-state index in [2.05, 4.69) is 77.8 Å². The highest BCUT2D eigenvalue weighted by molar-refractivity contribution is 6.89. The number of hydrogen-bond donors (Lipinski definition) is 0. The fraction of sp³-hybridized carbons (Fsp3) is 0.450. The van der Waals surface area contributed by atoms with Gasteiger partial charge in [0.1, 0.15) is 0 Å². The monoisotopic (exact) mass is 311 g/mol. The summed E-state index contributed by atoms with van der Waals surface area (Å²) in [6, 6.07) is 8.97. The summed E-state index contributed by atoms with van der Waals surface area (Å²) < 4.78 is 0. The lowest BCUT2D eigenvalue weighted by molar-refractivity contribution is 0.649. The Morgan fingerprint density at radius 3 is 2.27 bits per heavy atom. The third-order valence-electron chi connectivity index (χ3n) is 4.08. The van der Waals surface area contributed by atoms with E-state index in [1.165, 1.54) is 27.4 Å². The van der Waals surface area contributed by atoms with Crippen LogP contribution in [-0.4, -0.2) is 13.1 Å². The quantitative estimate of drug-likeness (QED) is 0.715. The van der Waals surface area contributed by atoms with Crippen LogP contribution in [0.5, 0.6) is 0 Å². The molecule has 0 atom stereocenters. The van der Waals surface area contributed by atoms with Crippen LogP contribution in [0.3, 0.4) is 0 Å². The van der Waals surface area contributed by atoms with Gasteiger partial charge in [0.15, 0.2) is 0 Å². The van der Waals surface area contributed by atoms with Crippen molar-refractivity contribution in [3.05, 3.63) is 47.2 Å². The molecule has 0 spiro atoms. The zero-order valence-corrected chi connectivity index (χ0v) is 16.1. The van der Waals surface area contributed by atoms with Gasteiger partial charge in [-0.2, -0.15) is 0 Å². The molecule has 2 heteroatoms. The normalized spacial score (nSPS) is 12.0. The Labute approximate surface area is 136 Å². The van der Waals surface area contributed by atoms with Crippen LogP contribution in [-0.2, 0) is 6.42 Å². The second-order valence-corrected chi connectivity index (χ2v) is 12.9. The van der Waals surface area contributed by atoms with Crippen molar-refractivity contribution in [3.8, 4) is 11.3 Å². The second-order valence-electron chi connectivity index (χ2n) is 7.89. The molecule has 0 aliphatic heterocycles. The van der Waals surface area contributed by atoms with E-state index >= 15 is 0 Å². The summed E-state index contributed by atoms with van der Waals surface area (Å²) in [6.45, 7) is 16.1. The maximum absolute atomic E-state index is 4.81. The van der Waals surface area contributed by atoms with E-state index in [1.54, 1.807) is 0 Å². The Hall–Kier alpha value is -1.41. The Morgan fingerprint density at radius 2 is 1.73 bits per heavy atom. The van der Waals surface area contributed by atoms with Crippen LogP contribution in [0.2, 0.25) is 19.6 Å². The number of hydrogen-bond acceptors (Lipinski definition) is 1. The predicted molar refractivity (Wildman–Crippen MR) is 101 cm³/mol. The molecule has 0 aliphatic rings. The average Bonchev–Trinajstić information content (AvgIpc) is 2.36. The first-order valence-corrected chi connectivity index (χ1v) is 11.8. The molecule has 2 aromatic rings. The standard InChI is InChI=1S/C20H29NSi/c1-14(2)10-17-12-19(21-13-20(17)22(5,6)7)18-9-8-15(3)11-16(18)4/h8-9,11-14H,10H2,1-7H3. The third kappa shape index (κ3) is 3.86. The molecular weight excluding hydrogens is 282 g/mol. The minimum absolute atomic E-state index is 0.671. The van der Waals surface area contributed by atoms with E-state index < -0.39 is 8.07 Å². The lowest BCUT2D eigenvalue weighted by Gasteiger charge is -2.22. The molecule has 22 heavy (non-hydrogen) atoms. The molecule has 0 saturated carbocycles. The Morgan fingerprint density at radius 1 is 1.05 bits per heavy atom. The van der Waals surface area contributed by atoms with Crippen molar-refractivity contribution in [3.63, 3.8) is 0 Å². The lowest BCUT2D eigenvalue weighted by atomic mass is 9.98. The SMILES string of the molecule is Cc1ccc(-c2cc(CC(C)C)c([Si](C)(C)C)cn2)c(C)c1. The average molecular weight is 312 g/mol. The highest BCUT2D eigenvalue weighted by Crippen LogP contribution is 2.24. The summed E-state index contributed by atoms with van der Waals surface area (Å²) >= 11 is 0. The van der Waals surface area contributed by atoms with E-state index in [4.69, 9.17) is 4.98 Å². The molecule has 0 N–H and O–H groups in total. The van der Waals surface area contributed by atoms with Crippen LogP contribution >= 0.6 is 0 Å². The molecule has 118 valence electrons. The van der Waals surface area contributed by atoms with Gasteiger partial charge in [0.2, 0.25) is 0 Å². The van der Waals surface area contributed by atoms with Crippen LogP contribution in [0, 0.1) is 19.8 Å². The van der Waals surface area contributed by atoms with Crippen molar-refractivity contribution < 1.29 is 0 Å². The molecule has 1 heterocycles. The Bertz CT molecular complexity index is 666. The fourth-order valence-corrected chi connectivity index (χ4v) is 4.62. The van der Waals surface area contributed by atoms with Crippen LogP contribution in [0.25, 0.3) is 11.3 Å². The van der Waals surface area contributed by atoms with Crippen LogP contribution < -0.4 is 5.19 Å². The largest absolute Gasteiger partial charge is 0.256 e. The molecular formula is C20H29NSi. The highest BCUT2D eigenvalue weighted by Gasteiger charge is 2.22. The van der Waals surface area contributed by atoms with Crippen molar-refractivity contribution in [1.82, 2.24) is 4.98 Å². The van der Waals surface area contributed by atoms with Gasteiger partial charge in [-0.05, 0) is 48.6 Å². The fourth-order valence-electron chi connectivity index (χ4n) is 3.03. The molecule has 0 radical (unpaired) electrons. The van der Waals surface area contributed by atoms with Gasteiger partial charge < -0.3 is 0 Å². The van der Waals surface area contributed by atoms with E-state index in [0.717, 1.165) is 12.1 Å². The van der Waals surface area contributed by atoms with Gasteiger partial charge in [-0.1, -0.05) is 57.3 Å². The molecule has 0 fully saturated rings. The smallest absolute Gasteiger partial charge is 0.0799 e. The van der Waals surface area contributed by atoms with E-state index in [-0.39, 0.29) is 0 Å². The summed E-state index contributed by atoms with van der Waals surface area (Å²) in [7, 11) is -1.35. The summed E-state index contributed by atoms with van der Waals surface area (Å²) in [5.74, 6) is 0.671. The van der Waals surface area contributed by atoms with Gasteiger partial charge in [-0.25, -0.2) is 0 Å². The van der Waals surface area contributed by atoms with Crippen molar-refractivity contribution in [2.75, 3.05) is 0 Å². The predicted octanol–water partition coefficient (Wildman–Crippen LogP) is 5.11. The molecule has 0 bridgehead atoms. The molecule has 2 rings (SSSR count). The Kier molecular flexibility index (Phi) is 4.91. The van der Waals surface area contributed by atoms with Gasteiger partial charge in [0.25, 0.3) is 0 Å². The van der Waals surface area contributed by atoms with E-state index in [1.807, 2.05) is 0 Å². The van der Waals surface area contributed by atoms with Gasteiger partial charge in [-0.3, -0.25) is 4.98 Å². The zero-order chi connectivity index (χ0) is 16.5. The summed E-state index contributed by atoms with van der Waals surface area (Å²) in [6.07, 6.45) is 3.29. The number of nitrogens with zero attached hydrogens (tertiary/aromatic N) is 1. The van der Waals surface area contributed by atoms with Crippen LogP contribution in [0.4, 0.5) is 0 Å². The number of benzene rings is 1. The first-order chi connectivity index (χ1) is 10.2. The lowest BCUT2D eigenvalue weighted by Crippen LogP contribution is -2.40. The van der Waals surface area contributed by atoms with Gasteiger partial charge in [0.05, 0.1) is 13.8 Å². The molecule has 1 aromatic heterocycles. The van der Waals surface area contributed by atoms with Gasteiger partial charge in [-0.15, -0.1) is 0 Å². The summed E-state index contributed by atoms with van der Waals surface area (Å²) in [5, 5.41) is 1.51. The van der Waals surface area contributed by atoms with Crippen molar-refractivity contribution in [1.29, 1.82) is 0 Å². The molecule has 0 unspecified atom stereocenters. The number of rotatable bonds is 4. The molecule has 0 saturated heterocycles. The van der Waals surface area contributed by atoms with Gasteiger partial charge >= 0.3 is 0 Å². The zero-order valence-electron chi connectivity index (χ0n) is 15.1. The summed E-state index contributed by atoms with van der Waals surface area (Å²) in [4.78, 5) is 4.81.